The molecule has 2 heterocycles. The minimum Gasteiger partial charge on any atom is -0.339 e. The second-order valence-corrected chi connectivity index (χ2v) is 8.10. The molecular formula is C24H28N4O3. The number of hydrogen-bond donors (Lipinski definition) is 0. The molecule has 2 aromatic heterocycles. The molecule has 3 aromatic rings. The number of carbonyl (C=O) groups excluding carboxylic acids is 1. The maximum atomic E-state index is 13.3. The Kier molecular flexibility index (Phi) is 6.30. The molecule has 1 fully saturated rings. The van der Waals surface area contributed by atoms with Crippen molar-refractivity contribution in [1.82, 2.24) is 19.6 Å². The fourth-order valence-corrected chi connectivity index (χ4v) is 3.80. The van der Waals surface area contributed by atoms with Gasteiger partial charge in [-0.3, -0.25) is 9.59 Å². The molecule has 0 atom stereocenters. The number of carbonyl (C=O) groups is 1. The van der Waals surface area contributed by atoms with Crippen molar-refractivity contribution in [2.24, 2.45) is 0 Å². The SMILES string of the molecule is CCN(Cc1noc(C2CCC2)n1)C(=O)c1c(C)ccn(CCc2ccccc2)c1=O. The van der Waals surface area contributed by atoms with Crippen LogP contribution in [0.25, 0.3) is 0 Å². The molecule has 0 spiro atoms. The number of rotatable bonds is 8. The van der Waals surface area contributed by atoms with Crippen molar-refractivity contribution in [2.45, 2.75) is 58.5 Å². The normalized spacial score (nSPS) is 13.7. The highest BCUT2D eigenvalue weighted by Crippen LogP contribution is 2.35. The van der Waals surface area contributed by atoms with E-state index in [2.05, 4.69) is 10.1 Å². The molecule has 31 heavy (non-hydrogen) atoms. The Balaban J connectivity index is 1.51. The van der Waals surface area contributed by atoms with Crippen LogP contribution in [0.1, 0.15) is 65.3 Å². The number of hydrogen-bond acceptors (Lipinski definition) is 5. The summed E-state index contributed by atoms with van der Waals surface area (Å²) in [6.45, 7) is 4.88. The van der Waals surface area contributed by atoms with Crippen LogP contribution >= 0.6 is 0 Å². The van der Waals surface area contributed by atoms with E-state index in [1.807, 2.05) is 43.3 Å². The third kappa shape index (κ3) is 4.60. The third-order valence-corrected chi connectivity index (χ3v) is 6.01. The van der Waals surface area contributed by atoms with E-state index in [4.69, 9.17) is 4.52 Å². The molecule has 162 valence electrons. The summed E-state index contributed by atoms with van der Waals surface area (Å²) in [7, 11) is 0. The van der Waals surface area contributed by atoms with Crippen molar-refractivity contribution < 1.29 is 9.32 Å². The van der Waals surface area contributed by atoms with Crippen LogP contribution in [0, 0.1) is 6.92 Å². The maximum Gasteiger partial charge on any atom is 0.263 e. The van der Waals surface area contributed by atoms with Gasteiger partial charge in [0, 0.05) is 25.2 Å². The molecule has 0 saturated heterocycles. The van der Waals surface area contributed by atoms with Crippen LogP contribution in [0.15, 0.2) is 51.9 Å². The van der Waals surface area contributed by atoms with Gasteiger partial charge >= 0.3 is 0 Å². The molecule has 1 aromatic carbocycles. The molecule has 0 aliphatic heterocycles. The van der Waals surface area contributed by atoms with Gasteiger partial charge in [0.25, 0.3) is 11.5 Å². The van der Waals surface area contributed by atoms with Gasteiger partial charge in [0.2, 0.25) is 5.89 Å². The highest BCUT2D eigenvalue weighted by molar-refractivity contribution is 5.95. The van der Waals surface area contributed by atoms with E-state index < -0.39 is 0 Å². The summed E-state index contributed by atoms with van der Waals surface area (Å²) in [5.74, 6) is 1.19. The largest absolute Gasteiger partial charge is 0.339 e. The molecule has 1 amide bonds. The third-order valence-electron chi connectivity index (χ3n) is 6.01. The summed E-state index contributed by atoms with van der Waals surface area (Å²) >= 11 is 0. The highest BCUT2D eigenvalue weighted by atomic mass is 16.5. The van der Waals surface area contributed by atoms with Crippen LogP contribution < -0.4 is 5.56 Å². The van der Waals surface area contributed by atoms with Crippen molar-refractivity contribution in [3.63, 3.8) is 0 Å². The van der Waals surface area contributed by atoms with E-state index in [9.17, 15) is 9.59 Å². The summed E-state index contributed by atoms with van der Waals surface area (Å²) in [5.41, 5.74) is 1.77. The molecule has 4 rings (SSSR count). The van der Waals surface area contributed by atoms with Crippen molar-refractivity contribution in [3.05, 3.63) is 81.4 Å². The molecule has 0 unspecified atom stereocenters. The second kappa shape index (κ2) is 9.29. The maximum absolute atomic E-state index is 13.3. The lowest BCUT2D eigenvalue weighted by molar-refractivity contribution is 0.0744. The van der Waals surface area contributed by atoms with Crippen LogP contribution in [0.2, 0.25) is 0 Å². The second-order valence-electron chi connectivity index (χ2n) is 8.10. The quantitative estimate of drug-likeness (QED) is 0.555. The van der Waals surface area contributed by atoms with Crippen molar-refractivity contribution >= 4 is 5.91 Å². The highest BCUT2D eigenvalue weighted by Gasteiger charge is 2.27. The molecule has 0 bridgehead atoms. The minimum atomic E-state index is -0.297. The number of aryl methyl sites for hydroxylation is 3. The van der Waals surface area contributed by atoms with Crippen molar-refractivity contribution in [3.8, 4) is 0 Å². The zero-order valence-corrected chi connectivity index (χ0v) is 18.1. The molecule has 7 nitrogen and oxygen atoms in total. The zero-order chi connectivity index (χ0) is 21.8. The number of benzene rings is 1. The van der Waals surface area contributed by atoms with Crippen LogP contribution in [-0.4, -0.2) is 32.1 Å². The number of aromatic nitrogens is 3. The van der Waals surface area contributed by atoms with Gasteiger partial charge < -0.3 is 14.0 Å². The molecule has 1 aliphatic carbocycles. The fourth-order valence-electron chi connectivity index (χ4n) is 3.80. The predicted molar refractivity (Wildman–Crippen MR) is 117 cm³/mol. The van der Waals surface area contributed by atoms with E-state index in [1.165, 1.54) is 6.42 Å². The smallest absolute Gasteiger partial charge is 0.263 e. The average Bonchev–Trinajstić information content (AvgIpc) is 3.18. The van der Waals surface area contributed by atoms with Gasteiger partial charge in [-0.2, -0.15) is 4.98 Å². The lowest BCUT2D eigenvalue weighted by atomic mass is 9.85. The van der Waals surface area contributed by atoms with Gasteiger partial charge in [0.1, 0.15) is 5.56 Å². The van der Waals surface area contributed by atoms with E-state index in [0.29, 0.717) is 36.3 Å². The van der Waals surface area contributed by atoms with Crippen molar-refractivity contribution in [2.75, 3.05) is 6.54 Å². The molecule has 7 heteroatoms. The number of nitrogens with zero attached hydrogens (tertiary/aromatic N) is 4. The topological polar surface area (TPSA) is 81.2 Å². The summed E-state index contributed by atoms with van der Waals surface area (Å²) < 4.78 is 6.99. The summed E-state index contributed by atoms with van der Waals surface area (Å²) in [6.07, 6.45) is 5.82. The lowest BCUT2D eigenvalue weighted by Gasteiger charge is -2.21. The molecule has 1 saturated carbocycles. The van der Waals surface area contributed by atoms with E-state index in [-0.39, 0.29) is 23.6 Å². The predicted octanol–water partition coefficient (Wildman–Crippen LogP) is 3.71. The van der Waals surface area contributed by atoms with Gasteiger partial charge in [-0.25, -0.2) is 0 Å². The molecular weight excluding hydrogens is 392 g/mol. The monoisotopic (exact) mass is 420 g/mol. The van der Waals surface area contributed by atoms with Crippen LogP contribution in [0.4, 0.5) is 0 Å². The Morgan fingerprint density at radius 3 is 2.68 bits per heavy atom. The molecule has 1 aliphatic rings. The van der Waals surface area contributed by atoms with Gasteiger partial charge in [-0.1, -0.05) is 41.9 Å². The van der Waals surface area contributed by atoms with Gasteiger partial charge in [0.15, 0.2) is 5.82 Å². The minimum absolute atomic E-state index is 0.208. The number of pyridine rings is 1. The Bertz CT molecular complexity index is 1100. The Hall–Kier alpha value is -3.22. The Labute approximate surface area is 181 Å². The first kappa shape index (κ1) is 21.0. The average molecular weight is 421 g/mol. The van der Waals surface area contributed by atoms with E-state index >= 15 is 0 Å². The van der Waals surface area contributed by atoms with E-state index in [0.717, 1.165) is 24.8 Å². The standard InChI is InChI=1S/C24H28N4O3/c1-3-27(16-20-25-22(31-26-20)19-10-7-11-19)23(29)21-17(2)12-14-28(24(21)30)15-13-18-8-5-4-6-9-18/h4-6,8-9,12,14,19H,3,7,10-11,13,15-16H2,1-2H3. The van der Waals surface area contributed by atoms with Crippen LogP contribution in [0.5, 0.6) is 0 Å². The van der Waals surface area contributed by atoms with Crippen LogP contribution in [0.3, 0.4) is 0 Å². The molecule has 0 N–H and O–H groups in total. The van der Waals surface area contributed by atoms with Gasteiger partial charge in [-0.05, 0) is 50.3 Å². The van der Waals surface area contributed by atoms with E-state index in [1.54, 1.807) is 22.6 Å². The number of amides is 1. The zero-order valence-electron chi connectivity index (χ0n) is 18.1. The summed E-state index contributed by atoms with van der Waals surface area (Å²) in [5, 5.41) is 4.05. The van der Waals surface area contributed by atoms with Crippen LogP contribution in [-0.2, 0) is 19.5 Å². The first-order valence-corrected chi connectivity index (χ1v) is 10.9. The van der Waals surface area contributed by atoms with Gasteiger partial charge in [-0.15, -0.1) is 0 Å². The first-order valence-electron chi connectivity index (χ1n) is 10.9. The Morgan fingerprint density at radius 2 is 2.00 bits per heavy atom. The fraction of sp³-hybridized carbons (Fsp3) is 0.417. The first-order chi connectivity index (χ1) is 15.1. The Morgan fingerprint density at radius 1 is 1.23 bits per heavy atom. The lowest BCUT2D eigenvalue weighted by Crippen LogP contribution is -2.37. The van der Waals surface area contributed by atoms with Gasteiger partial charge in [0.05, 0.1) is 6.54 Å². The summed E-state index contributed by atoms with van der Waals surface area (Å²) in [6, 6.07) is 11.8. The molecule has 0 radical (unpaired) electrons. The summed E-state index contributed by atoms with van der Waals surface area (Å²) in [4.78, 5) is 32.5. The van der Waals surface area contributed by atoms with Crippen molar-refractivity contribution in [1.29, 1.82) is 0 Å².